The van der Waals surface area contributed by atoms with Crippen LogP contribution in [0.25, 0.3) is 6.08 Å². The first-order valence-corrected chi connectivity index (χ1v) is 10.7. The normalized spacial score (nSPS) is 11.0. The number of rotatable bonds is 6. The van der Waals surface area contributed by atoms with Crippen molar-refractivity contribution in [1.82, 2.24) is 0 Å². The third-order valence-electron chi connectivity index (χ3n) is 4.62. The van der Waals surface area contributed by atoms with Crippen molar-refractivity contribution in [2.24, 2.45) is 0 Å². The number of nitrogens with zero attached hydrogens (tertiary/aromatic N) is 1. The Bertz CT molecular complexity index is 1200. The molecule has 0 fully saturated rings. The Labute approximate surface area is 195 Å². The van der Waals surface area contributed by atoms with Crippen LogP contribution in [-0.2, 0) is 11.4 Å². The van der Waals surface area contributed by atoms with Crippen molar-refractivity contribution in [3.05, 3.63) is 98.0 Å². The zero-order valence-corrected chi connectivity index (χ0v) is 19.4. The third kappa shape index (κ3) is 5.97. The number of nitriles is 1. The second kappa shape index (κ2) is 10.3. The molecule has 6 heteroatoms. The summed E-state index contributed by atoms with van der Waals surface area (Å²) in [4.78, 5) is 12.6. The molecule has 31 heavy (non-hydrogen) atoms. The van der Waals surface area contributed by atoms with E-state index in [-0.39, 0.29) is 5.57 Å². The van der Waals surface area contributed by atoms with E-state index in [9.17, 15) is 10.1 Å². The van der Waals surface area contributed by atoms with Crippen LogP contribution in [0.15, 0.2) is 70.7 Å². The number of halogens is 2. The Hall–Kier alpha value is -3.07. The van der Waals surface area contributed by atoms with Gasteiger partial charge in [0.1, 0.15) is 24.0 Å². The monoisotopic (exact) mass is 494 g/mol. The number of ether oxygens (including phenoxy) is 1. The van der Waals surface area contributed by atoms with Gasteiger partial charge in [-0.1, -0.05) is 53.6 Å². The molecule has 3 aromatic carbocycles. The fourth-order valence-corrected chi connectivity index (χ4v) is 3.62. The van der Waals surface area contributed by atoms with Gasteiger partial charge in [0.25, 0.3) is 5.91 Å². The second-order valence-corrected chi connectivity index (χ2v) is 8.27. The number of carbonyl (C=O) groups is 1. The summed E-state index contributed by atoms with van der Waals surface area (Å²) in [7, 11) is 0. The number of amides is 1. The zero-order chi connectivity index (χ0) is 22.4. The average molecular weight is 496 g/mol. The van der Waals surface area contributed by atoms with Crippen LogP contribution in [-0.4, -0.2) is 5.91 Å². The highest BCUT2D eigenvalue weighted by Gasteiger charge is 2.12. The second-order valence-electron chi connectivity index (χ2n) is 7.00. The fraction of sp³-hybridized carbons (Fsp3) is 0.120. The van der Waals surface area contributed by atoms with Crippen LogP contribution in [0.5, 0.6) is 5.75 Å². The van der Waals surface area contributed by atoms with Gasteiger partial charge in [-0.05, 0) is 76.8 Å². The van der Waals surface area contributed by atoms with Gasteiger partial charge >= 0.3 is 0 Å². The molecule has 0 unspecified atom stereocenters. The van der Waals surface area contributed by atoms with E-state index >= 15 is 0 Å². The van der Waals surface area contributed by atoms with E-state index < -0.39 is 5.91 Å². The molecule has 0 aliphatic rings. The largest absolute Gasteiger partial charge is 0.488 e. The first-order chi connectivity index (χ1) is 14.9. The molecule has 0 atom stereocenters. The summed E-state index contributed by atoms with van der Waals surface area (Å²) < 4.78 is 6.62. The number of anilines is 1. The van der Waals surface area contributed by atoms with Crippen molar-refractivity contribution in [3.8, 4) is 11.8 Å². The van der Waals surface area contributed by atoms with Crippen molar-refractivity contribution in [3.63, 3.8) is 0 Å². The summed E-state index contributed by atoms with van der Waals surface area (Å²) >= 11 is 9.60. The standard InChI is InChI=1S/C25H20BrClN2O2/c1-16-5-3-6-19(11-16)15-31-24-10-9-18(13-21(24)26)12-20(14-28)25(30)29-23-8-4-7-22(27)17(23)2/h3-13H,15H2,1-2H3,(H,29,30)/b20-12-. The van der Waals surface area contributed by atoms with Crippen LogP contribution in [0, 0.1) is 25.2 Å². The number of hydrogen-bond donors (Lipinski definition) is 1. The molecular formula is C25H20BrClN2O2. The molecule has 0 bridgehead atoms. The van der Waals surface area contributed by atoms with E-state index in [4.69, 9.17) is 16.3 Å². The van der Waals surface area contributed by atoms with Crippen molar-refractivity contribution < 1.29 is 9.53 Å². The van der Waals surface area contributed by atoms with E-state index in [1.165, 1.54) is 11.6 Å². The van der Waals surface area contributed by atoms with Crippen molar-refractivity contribution in [1.29, 1.82) is 5.26 Å². The molecule has 156 valence electrons. The zero-order valence-electron chi connectivity index (χ0n) is 17.1. The molecule has 0 spiro atoms. The summed E-state index contributed by atoms with van der Waals surface area (Å²) in [6.45, 7) is 4.29. The molecule has 1 amide bonds. The highest BCUT2D eigenvalue weighted by Crippen LogP contribution is 2.28. The maximum atomic E-state index is 12.6. The van der Waals surface area contributed by atoms with Gasteiger partial charge in [0.15, 0.2) is 0 Å². The first-order valence-electron chi connectivity index (χ1n) is 9.53. The molecule has 0 saturated carbocycles. The molecule has 3 rings (SSSR count). The van der Waals surface area contributed by atoms with Crippen LogP contribution in [0.4, 0.5) is 5.69 Å². The van der Waals surface area contributed by atoms with E-state index in [2.05, 4.69) is 27.3 Å². The summed E-state index contributed by atoms with van der Waals surface area (Å²) in [5.74, 6) is 0.180. The molecule has 4 nitrogen and oxygen atoms in total. The van der Waals surface area contributed by atoms with Crippen LogP contribution in [0.3, 0.4) is 0 Å². The highest BCUT2D eigenvalue weighted by molar-refractivity contribution is 9.10. The molecule has 0 saturated heterocycles. The molecule has 0 aromatic heterocycles. The molecule has 1 N–H and O–H groups in total. The maximum Gasteiger partial charge on any atom is 0.266 e. The molecule has 0 radical (unpaired) electrons. The van der Waals surface area contributed by atoms with Gasteiger partial charge in [-0.15, -0.1) is 0 Å². The summed E-state index contributed by atoms with van der Waals surface area (Å²) in [6, 6.07) is 20.7. The number of carbonyl (C=O) groups excluding carboxylic acids is 1. The third-order valence-corrected chi connectivity index (χ3v) is 5.65. The van der Waals surface area contributed by atoms with Crippen LogP contribution in [0.2, 0.25) is 5.02 Å². The van der Waals surface area contributed by atoms with Gasteiger partial charge in [0, 0.05) is 10.7 Å². The van der Waals surface area contributed by atoms with Crippen molar-refractivity contribution >= 4 is 45.2 Å². The van der Waals surface area contributed by atoms with Gasteiger partial charge in [-0.2, -0.15) is 5.26 Å². The smallest absolute Gasteiger partial charge is 0.266 e. The quantitative estimate of drug-likeness (QED) is 0.301. The molecule has 3 aromatic rings. The number of benzene rings is 3. The van der Waals surface area contributed by atoms with Gasteiger partial charge in [-0.3, -0.25) is 4.79 Å². The Morgan fingerprint density at radius 1 is 1.16 bits per heavy atom. The number of hydrogen-bond acceptors (Lipinski definition) is 3. The fourth-order valence-electron chi connectivity index (χ4n) is 2.93. The molecule has 0 aliphatic carbocycles. The van der Waals surface area contributed by atoms with Gasteiger partial charge in [0.2, 0.25) is 0 Å². The lowest BCUT2D eigenvalue weighted by molar-refractivity contribution is -0.112. The predicted molar refractivity (Wildman–Crippen MR) is 128 cm³/mol. The average Bonchev–Trinajstić information content (AvgIpc) is 2.74. The van der Waals surface area contributed by atoms with Gasteiger partial charge < -0.3 is 10.1 Å². The summed E-state index contributed by atoms with van der Waals surface area (Å²) in [5, 5.41) is 12.8. The van der Waals surface area contributed by atoms with Crippen LogP contribution < -0.4 is 10.1 Å². The number of aryl methyl sites for hydroxylation is 1. The Morgan fingerprint density at radius 3 is 2.65 bits per heavy atom. The Kier molecular flexibility index (Phi) is 7.51. The van der Waals surface area contributed by atoms with E-state index in [1.807, 2.05) is 31.2 Å². The predicted octanol–water partition coefficient (Wildman–Crippen LogP) is 6.84. The molecular weight excluding hydrogens is 476 g/mol. The Balaban J connectivity index is 1.73. The lowest BCUT2D eigenvalue weighted by atomic mass is 10.1. The lowest BCUT2D eigenvalue weighted by Gasteiger charge is -2.10. The SMILES string of the molecule is Cc1cccc(COc2ccc(/C=C(/C#N)C(=O)Nc3cccc(Cl)c3C)cc2Br)c1. The van der Waals surface area contributed by atoms with Gasteiger partial charge in [-0.25, -0.2) is 0 Å². The molecule has 0 aliphatic heterocycles. The summed E-state index contributed by atoms with van der Waals surface area (Å²) in [6.07, 6.45) is 1.53. The minimum atomic E-state index is -0.497. The van der Waals surface area contributed by atoms with E-state index in [0.29, 0.717) is 28.6 Å². The van der Waals surface area contributed by atoms with Crippen LogP contribution >= 0.6 is 27.5 Å². The minimum absolute atomic E-state index is 0.0142. The highest BCUT2D eigenvalue weighted by atomic mass is 79.9. The van der Waals surface area contributed by atoms with Crippen molar-refractivity contribution in [2.75, 3.05) is 5.32 Å². The lowest BCUT2D eigenvalue weighted by Crippen LogP contribution is -2.14. The minimum Gasteiger partial charge on any atom is -0.488 e. The van der Waals surface area contributed by atoms with Gasteiger partial charge in [0.05, 0.1) is 4.47 Å². The first kappa shape index (κ1) is 22.6. The number of nitrogens with one attached hydrogen (secondary N) is 1. The maximum absolute atomic E-state index is 12.6. The van der Waals surface area contributed by atoms with E-state index in [1.54, 1.807) is 43.3 Å². The van der Waals surface area contributed by atoms with Crippen LogP contribution in [0.1, 0.15) is 22.3 Å². The topological polar surface area (TPSA) is 62.1 Å². The Morgan fingerprint density at radius 2 is 1.94 bits per heavy atom. The van der Waals surface area contributed by atoms with Crippen molar-refractivity contribution in [2.45, 2.75) is 20.5 Å². The summed E-state index contributed by atoms with van der Waals surface area (Å²) in [5.41, 5.74) is 4.25. The van der Waals surface area contributed by atoms with E-state index in [0.717, 1.165) is 15.6 Å². The molecule has 0 heterocycles.